The molecule has 0 unspecified atom stereocenters. The fourth-order valence-corrected chi connectivity index (χ4v) is 3.84. The van der Waals surface area contributed by atoms with Crippen molar-refractivity contribution in [1.29, 1.82) is 0 Å². The van der Waals surface area contributed by atoms with E-state index in [9.17, 15) is 9.18 Å². The highest BCUT2D eigenvalue weighted by Gasteiger charge is 2.30. The van der Waals surface area contributed by atoms with Gasteiger partial charge in [0.2, 0.25) is 0 Å². The fourth-order valence-electron chi connectivity index (χ4n) is 3.63. The highest BCUT2D eigenvalue weighted by Crippen LogP contribution is 2.28. The van der Waals surface area contributed by atoms with Crippen LogP contribution in [0.2, 0.25) is 5.02 Å². The Morgan fingerprint density at radius 1 is 1.32 bits per heavy atom. The van der Waals surface area contributed by atoms with Crippen molar-refractivity contribution < 1.29 is 9.18 Å². The second-order valence-corrected chi connectivity index (χ2v) is 6.83. The molecule has 120 valence electrons. The van der Waals surface area contributed by atoms with Gasteiger partial charge in [-0.25, -0.2) is 4.39 Å². The third-order valence-electron chi connectivity index (χ3n) is 4.88. The molecule has 1 aliphatic carbocycles. The Balaban J connectivity index is 1.50. The molecule has 22 heavy (non-hydrogen) atoms. The lowest BCUT2D eigenvalue weighted by Gasteiger charge is -2.23. The highest BCUT2D eigenvalue weighted by atomic mass is 35.5. The topological polar surface area (TPSA) is 32.3 Å². The van der Waals surface area contributed by atoms with Crippen LogP contribution in [0.3, 0.4) is 0 Å². The quantitative estimate of drug-likeness (QED) is 0.919. The van der Waals surface area contributed by atoms with Gasteiger partial charge in [-0.15, -0.1) is 0 Å². The standard InChI is InChI=1S/C17H22ClFN2O/c18-16-6-5-13(19)9-15(16)17(22)20-10-12-7-8-21(11-12)14-3-1-2-4-14/h5-6,9,12,14H,1-4,7-8,10-11H2,(H,20,22)/t12-/m0/s1. The number of amides is 1. The molecule has 0 radical (unpaired) electrons. The normalized spacial score (nSPS) is 23.1. The molecule has 2 fully saturated rings. The number of nitrogens with one attached hydrogen (secondary N) is 1. The van der Waals surface area contributed by atoms with Gasteiger partial charge in [0.25, 0.3) is 5.91 Å². The third kappa shape index (κ3) is 3.61. The number of nitrogens with zero attached hydrogens (tertiary/aromatic N) is 1. The average molecular weight is 325 g/mol. The van der Waals surface area contributed by atoms with Gasteiger partial charge in [0.05, 0.1) is 10.6 Å². The van der Waals surface area contributed by atoms with Crippen molar-refractivity contribution in [3.05, 3.63) is 34.6 Å². The molecule has 1 heterocycles. The van der Waals surface area contributed by atoms with Crippen LogP contribution in [0.5, 0.6) is 0 Å². The lowest BCUT2D eigenvalue weighted by Crippen LogP contribution is -2.34. The first kappa shape index (κ1) is 15.8. The van der Waals surface area contributed by atoms with Gasteiger partial charge in [-0.05, 0) is 49.9 Å². The minimum Gasteiger partial charge on any atom is -0.352 e. The predicted octanol–water partition coefficient (Wildman–Crippen LogP) is 3.47. The molecule has 1 aliphatic heterocycles. The van der Waals surface area contributed by atoms with Crippen molar-refractivity contribution in [2.24, 2.45) is 5.92 Å². The summed E-state index contributed by atoms with van der Waals surface area (Å²) < 4.78 is 13.2. The predicted molar refractivity (Wildman–Crippen MR) is 85.7 cm³/mol. The molecule has 3 nitrogen and oxygen atoms in total. The maximum absolute atomic E-state index is 13.2. The number of carbonyl (C=O) groups excluding carboxylic acids is 1. The van der Waals surface area contributed by atoms with Gasteiger partial charge in [0.15, 0.2) is 0 Å². The van der Waals surface area contributed by atoms with E-state index in [1.54, 1.807) is 0 Å². The summed E-state index contributed by atoms with van der Waals surface area (Å²) in [5.41, 5.74) is 0.215. The van der Waals surface area contributed by atoms with E-state index in [0.717, 1.165) is 25.6 Å². The summed E-state index contributed by atoms with van der Waals surface area (Å²) in [6.07, 6.45) is 6.45. The molecule has 0 bridgehead atoms. The zero-order valence-corrected chi connectivity index (χ0v) is 13.4. The van der Waals surface area contributed by atoms with E-state index in [1.165, 1.54) is 43.9 Å². The number of benzene rings is 1. The van der Waals surface area contributed by atoms with Gasteiger partial charge in [-0.1, -0.05) is 24.4 Å². The van der Waals surface area contributed by atoms with Crippen molar-refractivity contribution >= 4 is 17.5 Å². The molecule has 5 heteroatoms. The summed E-state index contributed by atoms with van der Waals surface area (Å²) >= 11 is 5.96. The smallest absolute Gasteiger partial charge is 0.252 e. The minimum absolute atomic E-state index is 0.215. The number of likely N-dealkylation sites (tertiary alicyclic amines) is 1. The Morgan fingerprint density at radius 3 is 2.86 bits per heavy atom. The summed E-state index contributed by atoms with van der Waals surface area (Å²) in [5, 5.41) is 3.19. The molecule has 1 amide bonds. The third-order valence-corrected chi connectivity index (χ3v) is 5.21. The molecular formula is C17H22ClFN2O. The Labute approximate surface area is 135 Å². The van der Waals surface area contributed by atoms with Gasteiger partial charge in [0, 0.05) is 19.1 Å². The summed E-state index contributed by atoms with van der Waals surface area (Å²) in [4.78, 5) is 14.7. The van der Waals surface area contributed by atoms with Crippen molar-refractivity contribution in [2.75, 3.05) is 19.6 Å². The van der Waals surface area contributed by atoms with Crippen molar-refractivity contribution in [2.45, 2.75) is 38.1 Å². The van der Waals surface area contributed by atoms with Crippen LogP contribution >= 0.6 is 11.6 Å². The van der Waals surface area contributed by atoms with Gasteiger partial charge in [-0.3, -0.25) is 4.79 Å². The first-order chi connectivity index (χ1) is 10.6. The summed E-state index contributed by atoms with van der Waals surface area (Å²) in [7, 11) is 0. The van der Waals surface area contributed by atoms with Crippen LogP contribution in [0.25, 0.3) is 0 Å². The Hall–Kier alpha value is -1.13. The number of carbonyl (C=O) groups is 1. The number of rotatable bonds is 4. The van der Waals surface area contributed by atoms with E-state index in [4.69, 9.17) is 11.6 Å². The van der Waals surface area contributed by atoms with E-state index in [1.807, 2.05) is 0 Å². The second kappa shape index (κ2) is 6.97. The van der Waals surface area contributed by atoms with Crippen molar-refractivity contribution in [1.82, 2.24) is 10.2 Å². The SMILES string of the molecule is O=C(NC[C@@H]1CCN(C2CCCC2)C1)c1cc(F)ccc1Cl. The van der Waals surface area contributed by atoms with Crippen molar-refractivity contribution in [3.8, 4) is 0 Å². The van der Waals surface area contributed by atoms with Gasteiger partial charge >= 0.3 is 0 Å². The van der Waals surface area contributed by atoms with E-state index >= 15 is 0 Å². The van der Waals surface area contributed by atoms with Gasteiger partial charge in [-0.2, -0.15) is 0 Å². The molecular weight excluding hydrogens is 303 g/mol. The van der Waals surface area contributed by atoms with Crippen LogP contribution in [0.1, 0.15) is 42.5 Å². The molecule has 1 aromatic rings. The number of hydrogen-bond donors (Lipinski definition) is 1. The number of hydrogen-bond acceptors (Lipinski definition) is 2. The zero-order chi connectivity index (χ0) is 15.5. The lowest BCUT2D eigenvalue weighted by atomic mass is 10.1. The summed E-state index contributed by atoms with van der Waals surface area (Å²) in [6, 6.07) is 4.62. The monoisotopic (exact) mass is 324 g/mol. The van der Waals surface area contributed by atoms with E-state index in [0.29, 0.717) is 12.5 Å². The Bertz CT molecular complexity index is 545. The first-order valence-corrected chi connectivity index (χ1v) is 8.48. The van der Waals surface area contributed by atoms with Gasteiger partial charge < -0.3 is 10.2 Å². The summed E-state index contributed by atoms with van der Waals surface area (Å²) in [6.45, 7) is 2.82. The first-order valence-electron chi connectivity index (χ1n) is 8.11. The zero-order valence-electron chi connectivity index (χ0n) is 12.7. The Morgan fingerprint density at radius 2 is 2.09 bits per heavy atom. The lowest BCUT2D eigenvalue weighted by molar-refractivity contribution is 0.0946. The molecule has 1 atom stereocenters. The van der Waals surface area contributed by atoms with Crippen LogP contribution in [-0.2, 0) is 0 Å². The number of halogens is 2. The molecule has 1 saturated carbocycles. The van der Waals surface area contributed by atoms with Crippen LogP contribution in [-0.4, -0.2) is 36.5 Å². The molecule has 1 saturated heterocycles. The van der Waals surface area contributed by atoms with Gasteiger partial charge in [0.1, 0.15) is 5.82 Å². The fraction of sp³-hybridized carbons (Fsp3) is 0.588. The summed E-state index contributed by atoms with van der Waals surface area (Å²) in [5.74, 6) is -0.247. The molecule has 0 spiro atoms. The van der Waals surface area contributed by atoms with Crippen LogP contribution in [0.15, 0.2) is 18.2 Å². The average Bonchev–Trinajstić information content (AvgIpc) is 3.17. The second-order valence-electron chi connectivity index (χ2n) is 6.42. The van der Waals surface area contributed by atoms with E-state index < -0.39 is 5.82 Å². The van der Waals surface area contributed by atoms with Crippen LogP contribution in [0, 0.1) is 11.7 Å². The molecule has 1 N–H and O–H groups in total. The van der Waals surface area contributed by atoms with Crippen LogP contribution < -0.4 is 5.32 Å². The molecule has 2 aliphatic rings. The van der Waals surface area contributed by atoms with E-state index in [2.05, 4.69) is 10.2 Å². The van der Waals surface area contributed by atoms with Crippen molar-refractivity contribution in [3.63, 3.8) is 0 Å². The minimum atomic E-state index is -0.442. The maximum Gasteiger partial charge on any atom is 0.252 e. The Kier molecular flexibility index (Phi) is 4.99. The largest absolute Gasteiger partial charge is 0.352 e. The van der Waals surface area contributed by atoms with Crippen LogP contribution in [0.4, 0.5) is 4.39 Å². The molecule has 0 aromatic heterocycles. The molecule has 3 rings (SSSR count). The van der Waals surface area contributed by atoms with E-state index in [-0.39, 0.29) is 16.5 Å². The highest BCUT2D eigenvalue weighted by molar-refractivity contribution is 6.33. The maximum atomic E-state index is 13.2. The molecule has 1 aromatic carbocycles.